The van der Waals surface area contributed by atoms with Gasteiger partial charge in [0.15, 0.2) is 0 Å². The van der Waals surface area contributed by atoms with Gasteiger partial charge in [0.1, 0.15) is 6.10 Å². The van der Waals surface area contributed by atoms with E-state index in [4.69, 9.17) is 4.74 Å². The highest BCUT2D eigenvalue weighted by molar-refractivity contribution is 5.88. The van der Waals surface area contributed by atoms with Crippen molar-refractivity contribution in [2.45, 2.75) is 52.1 Å². The smallest absolute Gasteiger partial charge is 0.251 e. The van der Waals surface area contributed by atoms with Crippen molar-refractivity contribution in [1.29, 1.82) is 0 Å². The minimum absolute atomic E-state index is 0.0236. The zero-order valence-corrected chi connectivity index (χ0v) is 16.5. The Balaban J connectivity index is 1.89. The van der Waals surface area contributed by atoms with Gasteiger partial charge in [0.05, 0.1) is 5.41 Å². The quantitative estimate of drug-likeness (QED) is 0.703. The topological polar surface area (TPSA) is 49.9 Å². The van der Waals surface area contributed by atoms with Crippen LogP contribution in [0.4, 0.5) is 0 Å². The Hall–Kier alpha value is -1.88. The lowest BCUT2D eigenvalue weighted by Crippen LogP contribution is -2.55. The van der Waals surface area contributed by atoms with Gasteiger partial charge in [-0.25, -0.2) is 0 Å². The first-order valence-electron chi connectivity index (χ1n) is 9.63. The third kappa shape index (κ3) is 4.85. The molecule has 1 saturated heterocycles. The summed E-state index contributed by atoms with van der Waals surface area (Å²) in [7, 11) is 0. The van der Waals surface area contributed by atoms with Crippen LogP contribution in [0.25, 0.3) is 0 Å². The molecule has 1 aliphatic rings. The number of ether oxygens (including phenoxy) is 1. The van der Waals surface area contributed by atoms with E-state index in [0.717, 1.165) is 18.4 Å². The molecule has 1 heterocycles. The summed E-state index contributed by atoms with van der Waals surface area (Å²) in [5.74, 6) is 0.138. The van der Waals surface area contributed by atoms with Crippen molar-refractivity contribution in [2.24, 2.45) is 0 Å². The predicted molar refractivity (Wildman–Crippen MR) is 103 cm³/mol. The van der Waals surface area contributed by atoms with Crippen molar-refractivity contribution >= 4 is 11.8 Å². The lowest BCUT2D eigenvalue weighted by Gasteiger charge is -2.39. The zero-order chi connectivity index (χ0) is 19.2. The molecule has 0 bridgehead atoms. The predicted octanol–water partition coefficient (Wildman–Crippen LogP) is 2.84. The van der Waals surface area contributed by atoms with Gasteiger partial charge >= 0.3 is 0 Å². The third-order valence-electron chi connectivity index (χ3n) is 5.12. The molecule has 144 valence electrons. The van der Waals surface area contributed by atoms with E-state index < -0.39 is 11.5 Å². The van der Waals surface area contributed by atoms with Gasteiger partial charge in [0.25, 0.3) is 5.91 Å². The molecule has 0 N–H and O–H groups in total. The minimum Gasteiger partial charge on any atom is -0.369 e. The van der Waals surface area contributed by atoms with E-state index in [1.54, 1.807) is 0 Å². The molecule has 1 aromatic carbocycles. The Labute approximate surface area is 157 Å². The van der Waals surface area contributed by atoms with Gasteiger partial charge in [-0.05, 0) is 32.8 Å². The normalized spacial score (nSPS) is 16.5. The molecule has 1 aliphatic heterocycles. The first-order chi connectivity index (χ1) is 12.4. The summed E-state index contributed by atoms with van der Waals surface area (Å²) in [6.45, 7) is 10.7. The number of benzene rings is 1. The first kappa shape index (κ1) is 20.4. The SMILES string of the molecule is CCCCOC(C)C(=O)N1CCN(C(=O)C(C)(C)c2ccccc2)CC1. The van der Waals surface area contributed by atoms with Crippen molar-refractivity contribution in [2.75, 3.05) is 32.8 Å². The Morgan fingerprint density at radius 3 is 2.23 bits per heavy atom. The van der Waals surface area contributed by atoms with E-state index >= 15 is 0 Å². The highest BCUT2D eigenvalue weighted by atomic mass is 16.5. The second kappa shape index (κ2) is 9.17. The molecule has 1 aromatic rings. The number of carbonyl (C=O) groups excluding carboxylic acids is 2. The van der Waals surface area contributed by atoms with Crippen LogP contribution in [0, 0.1) is 0 Å². The summed E-state index contributed by atoms with van der Waals surface area (Å²) in [5.41, 5.74) is 0.450. The van der Waals surface area contributed by atoms with Crippen LogP contribution in [0.3, 0.4) is 0 Å². The van der Waals surface area contributed by atoms with E-state index in [9.17, 15) is 9.59 Å². The molecule has 2 amide bonds. The lowest BCUT2D eigenvalue weighted by molar-refractivity contribution is -0.148. The molecule has 0 aliphatic carbocycles. The van der Waals surface area contributed by atoms with E-state index in [-0.39, 0.29) is 11.8 Å². The number of hydrogen-bond acceptors (Lipinski definition) is 3. The number of amides is 2. The van der Waals surface area contributed by atoms with Crippen LogP contribution in [0.5, 0.6) is 0 Å². The van der Waals surface area contributed by atoms with Crippen LogP contribution < -0.4 is 0 Å². The standard InChI is InChI=1S/C21H32N2O3/c1-5-6-16-26-17(2)19(24)22-12-14-23(15-13-22)20(25)21(3,4)18-10-8-7-9-11-18/h7-11,17H,5-6,12-16H2,1-4H3. The fourth-order valence-corrected chi connectivity index (χ4v) is 3.24. The van der Waals surface area contributed by atoms with Gasteiger partial charge in [-0.1, -0.05) is 43.7 Å². The highest BCUT2D eigenvalue weighted by Gasteiger charge is 2.36. The number of nitrogens with zero attached hydrogens (tertiary/aromatic N) is 2. The lowest BCUT2D eigenvalue weighted by atomic mass is 9.83. The van der Waals surface area contributed by atoms with Crippen LogP contribution in [0.1, 0.15) is 46.1 Å². The molecule has 5 heteroatoms. The molecule has 0 saturated carbocycles. The fraction of sp³-hybridized carbons (Fsp3) is 0.619. The monoisotopic (exact) mass is 360 g/mol. The van der Waals surface area contributed by atoms with Gasteiger partial charge in [-0.15, -0.1) is 0 Å². The van der Waals surface area contributed by atoms with E-state index in [0.29, 0.717) is 32.8 Å². The number of piperazine rings is 1. The third-order valence-corrected chi connectivity index (χ3v) is 5.12. The highest BCUT2D eigenvalue weighted by Crippen LogP contribution is 2.26. The molecular weight excluding hydrogens is 328 g/mol. The number of hydrogen-bond donors (Lipinski definition) is 0. The molecule has 5 nitrogen and oxygen atoms in total. The Bertz CT molecular complexity index is 593. The van der Waals surface area contributed by atoms with Crippen LogP contribution in [0.2, 0.25) is 0 Å². The second-order valence-electron chi connectivity index (χ2n) is 7.48. The Kier molecular flexibility index (Phi) is 7.21. The van der Waals surface area contributed by atoms with E-state index in [1.807, 2.05) is 60.9 Å². The second-order valence-corrected chi connectivity index (χ2v) is 7.48. The average Bonchev–Trinajstić information content (AvgIpc) is 2.67. The van der Waals surface area contributed by atoms with Crippen molar-refractivity contribution in [3.63, 3.8) is 0 Å². The van der Waals surface area contributed by atoms with Gasteiger partial charge in [-0.3, -0.25) is 9.59 Å². The summed E-state index contributed by atoms with van der Waals surface area (Å²) < 4.78 is 5.61. The van der Waals surface area contributed by atoms with Crippen molar-refractivity contribution < 1.29 is 14.3 Å². The summed E-state index contributed by atoms with van der Waals surface area (Å²) in [4.78, 5) is 29.2. The van der Waals surface area contributed by atoms with Crippen LogP contribution in [0.15, 0.2) is 30.3 Å². The van der Waals surface area contributed by atoms with E-state index in [2.05, 4.69) is 6.92 Å². The largest absolute Gasteiger partial charge is 0.369 e. The summed E-state index contributed by atoms with van der Waals surface area (Å²) in [6, 6.07) is 9.86. The number of unbranched alkanes of at least 4 members (excludes halogenated alkanes) is 1. The molecular formula is C21H32N2O3. The summed E-state index contributed by atoms with van der Waals surface area (Å²) >= 11 is 0. The van der Waals surface area contributed by atoms with Gasteiger partial charge in [0, 0.05) is 32.8 Å². The Morgan fingerprint density at radius 1 is 1.08 bits per heavy atom. The molecule has 0 spiro atoms. The van der Waals surface area contributed by atoms with Crippen LogP contribution >= 0.6 is 0 Å². The van der Waals surface area contributed by atoms with Gasteiger partial charge in [-0.2, -0.15) is 0 Å². The van der Waals surface area contributed by atoms with Gasteiger partial charge < -0.3 is 14.5 Å². The van der Waals surface area contributed by atoms with Crippen molar-refractivity contribution in [3.8, 4) is 0 Å². The molecule has 26 heavy (non-hydrogen) atoms. The van der Waals surface area contributed by atoms with Crippen LogP contribution in [-0.2, 0) is 19.7 Å². The maximum Gasteiger partial charge on any atom is 0.251 e. The number of carbonyl (C=O) groups is 2. The molecule has 2 rings (SSSR count). The molecule has 1 fully saturated rings. The Morgan fingerprint density at radius 2 is 1.65 bits per heavy atom. The summed E-state index contributed by atoms with van der Waals surface area (Å²) in [5, 5.41) is 0. The maximum absolute atomic E-state index is 13.0. The average molecular weight is 360 g/mol. The maximum atomic E-state index is 13.0. The molecule has 1 unspecified atom stereocenters. The van der Waals surface area contributed by atoms with Crippen molar-refractivity contribution in [3.05, 3.63) is 35.9 Å². The molecule has 0 aromatic heterocycles. The minimum atomic E-state index is -0.565. The fourth-order valence-electron chi connectivity index (χ4n) is 3.24. The molecule has 1 atom stereocenters. The first-order valence-corrected chi connectivity index (χ1v) is 9.63. The van der Waals surface area contributed by atoms with Gasteiger partial charge in [0.2, 0.25) is 5.91 Å². The van der Waals surface area contributed by atoms with Crippen LogP contribution in [-0.4, -0.2) is 60.5 Å². The number of rotatable bonds is 7. The zero-order valence-electron chi connectivity index (χ0n) is 16.5. The van der Waals surface area contributed by atoms with E-state index in [1.165, 1.54) is 0 Å². The summed E-state index contributed by atoms with van der Waals surface area (Å²) in [6.07, 6.45) is 1.61. The van der Waals surface area contributed by atoms with Crippen molar-refractivity contribution in [1.82, 2.24) is 9.80 Å². The molecule has 0 radical (unpaired) electrons.